The molecule has 3 rings (SSSR count). The summed E-state index contributed by atoms with van der Waals surface area (Å²) in [6, 6.07) is 4.57. The maximum absolute atomic E-state index is 12.7. The Bertz CT molecular complexity index is 826. The van der Waals surface area contributed by atoms with Crippen molar-refractivity contribution in [2.45, 2.75) is 12.1 Å². The van der Waals surface area contributed by atoms with Crippen LogP contribution in [0.25, 0.3) is 0 Å². The van der Waals surface area contributed by atoms with Gasteiger partial charge >= 0.3 is 6.36 Å². The van der Waals surface area contributed by atoms with E-state index in [0.29, 0.717) is 0 Å². The zero-order valence-electron chi connectivity index (χ0n) is 14.9. The Morgan fingerprint density at radius 3 is 2.29 bits per heavy atom. The number of carbonyl (C=O) groups is 1. The van der Waals surface area contributed by atoms with Gasteiger partial charge in [0.15, 0.2) is 5.79 Å². The van der Waals surface area contributed by atoms with Crippen molar-refractivity contribution in [3.8, 4) is 5.75 Å². The molecule has 1 spiro atoms. The molecule has 1 amide bonds. The SMILES string of the molecule is CS(=O)(=O)N1CCOC2(CN(C(=O)c3ccc(OC(F)(F)F)cc3)CCO2)C1. The summed E-state index contributed by atoms with van der Waals surface area (Å²) in [6.07, 6.45) is -3.73. The summed E-state index contributed by atoms with van der Waals surface area (Å²) >= 11 is 0. The zero-order chi connectivity index (χ0) is 20.6. The fraction of sp³-hybridized carbons (Fsp3) is 0.562. The molecule has 2 heterocycles. The first kappa shape index (κ1) is 20.8. The van der Waals surface area contributed by atoms with Gasteiger partial charge in [-0.05, 0) is 24.3 Å². The number of halogens is 3. The zero-order valence-corrected chi connectivity index (χ0v) is 15.8. The molecular weight excluding hydrogens is 405 g/mol. The summed E-state index contributed by atoms with van der Waals surface area (Å²) < 4.78 is 76.7. The molecule has 1 atom stereocenters. The van der Waals surface area contributed by atoms with Gasteiger partial charge < -0.3 is 19.1 Å². The number of hydrogen-bond acceptors (Lipinski definition) is 6. The van der Waals surface area contributed by atoms with E-state index in [9.17, 15) is 26.4 Å². The number of benzene rings is 1. The standard InChI is InChI=1S/C16H19F3N2O6S/c1-28(23,24)21-7-9-26-15(11-21)10-20(6-8-25-15)14(22)12-2-4-13(5-3-12)27-16(17,18)19/h2-5H,6-11H2,1H3. The molecule has 0 saturated carbocycles. The Morgan fingerprint density at radius 1 is 1.11 bits per heavy atom. The highest BCUT2D eigenvalue weighted by molar-refractivity contribution is 7.88. The highest BCUT2D eigenvalue weighted by Crippen LogP contribution is 2.27. The Hall–Kier alpha value is -1.89. The fourth-order valence-corrected chi connectivity index (χ4v) is 3.94. The number of rotatable bonds is 3. The second-order valence-corrected chi connectivity index (χ2v) is 8.49. The maximum atomic E-state index is 12.7. The lowest BCUT2D eigenvalue weighted by Crippen LogP contribution is -2.63. The topological polar surface area (TPSA) is 85.4 Å². The van der Waals surface area contributed by atoms with Crippen LogP contribution in [0.4, 0.5) is 13.2 Å². The fourth-order valence-electron chi connectivity index (χ4n) is 3.11. The number of carbonyl (C=O) groups excluding carboxylic acids is 1. The van der Waals surface area contributed by atoms with Crippen LogP contribution in [-0.2, 0) is 19.5 Å². The molecule has 28 heavy (non-hydrogen) atoms. The molecule has 0 aromatic heterocycles. The Balaban J connectivity index is 1.71. The largest absolute Gasteiger partial charge is 0.573 e. The van der Waals surface area contributed by atoms with Crippen molar-refractivity contribution in [2.75, 3.05) is 45.6 Å². The van der Waals surface area contributed by atoms with Gasteiger partial charge in [0.1, 0.15) is 5.75 Å². The molecule has 2 fully saturated rings. The van der Waals surface area contributed by atoms with E-state index in [2.05, 4.69) is 4.74 Å². The van der Waals surface area contributed by atoms with Crippen LogP contribution in [0.2, 0.25) is 0 Å². The normalized spacial score (nSPS) is 24.4. The van der Waals surface area contributed by atoms with Gasteiger partial charge in [0, 0.05) is 18.7 Å². The van der Waals surface area contributed by atoms with E-state index in [0.717, 1.165) is 18.4 Å². The van der Waals surface area contributed by atoms with E-state index in [-0.39, 0.29) is 45.0 Å². The summed E-state index contributed by atoms with van der Waals surface area (Å²) in [4.78, 5) is 14.1. The molecule has 2 aliphatic heterocycles. The van der Waals surface area contributed by atoms with Crippen LogP contribution in [0.3, 0.4) is 0 Å². The van der Waals surface area contributed by atoms with Crippen LogP contribution in [0.15, 0.2) is 24.3 Å². The molecule has 156 valence electrons. The molecular formula is C16H19F3N2O6S. The third-order valence-electron chi connectivity index (χ3n) is 4.37. The summed E-state index contributed by atoms with van der Waals surface area (Å²) in [5, 5.41) is 0. The van der Waals surface area contributed by atoms with Crippen molar-refractivity contribution in [2.24, 2.45) is 0 Å². The minimum atomic E-state index is -4.81. The Kier molecular flexibility index (Phi) is 5.58. The van der Waals surface area contributed by atoms with Gasteiger partial charge in [0.25, 0.3) is 5.91 Å². The van der Waals surface area contributed by atoms with Crippen LogP contribution < -0.4 is 4.74 Å². The molecule has 2 saturated heterocycles. The third-order valence-corrected chi connectivity index (χ3v) is 5.62. The average Bonchev–Trinajstić information content (AvgIpc) is 2.60. The van der Waals surface area contributed by atoms with Crippen molar-refractivity contribution in [3.05, 3.63) is 29.8 Å². The van der Waals surface area contributed by atoms with Gasteiger partial charge in [0.05, 0.1) is 32.6 Å². The molecule has 1 aromatic carbocycles. The first-order chi connectivity index (χ1) is 13.0. The van der Waals surface area contributed by atoms with Crippen LogP contribution >= 0.6 is 0 Å². The molecule has 12 heteroatoms. The second kappa shape index (κ2) is 7.50. The van der Waals surface area contributed by atoms with Gasteiger partial charge in [-0.3, -0.25) is 4.79 Å². The predicted octanol–water partition coefficient (Wildman–Crippen LogP) is 1.05. The van der Waals surface area contributed by atoms with Crippen LogP contribution in [0.5, 0.6) is 5.75 Å². The van der Waals surface area contributed by atoms with E-state index in [4.69, 9.17) is 9.47 Å². The van der Waals surface area contributed by atoms with E-state index < -0.39 is 33.8 Å². The Labute approximate surface area is 159 Å². The predicted molar refractivity (Wildman–Crippen MR) is 90.1 cm³/mol. The number of morpholine rings is 2. The van der Waals surface area contributed by atoms with Crippen molar-refractivity contribution < 1.29 is 40.6 Å². The molecule has 2 aliphatic rings. The molecule has 0 aliphatic carbocycles. The lowest BCUT2D eigenvalue weighted by molar-refractivity contribution is -0.279. The van der Waals surface area contributed by atoms with Gasteiger partial charge in [-0.15, -0.1) is 13.2 Å². The molecule has 8 nitrogen and oxygen atoms in total. The molecule has 0 N–H and O–H groups in total. The number of sulfonamides is 1. The lowest BCUT2D eigenvalue weighted by atomic mass is 10.1. The lowest BCUT2D eigenvalue weighted by Gasteiger charge is -2.46. The average molecular weight is 424 g/mol. The number of hydrogen-bond donors (Lipinski definition) is 0. The minimum absolute atomic E-state index is 0.00133. The number of amides is 1. The smallest absolute Gasteiger partial charge is 0.406 e. The van der Waals surface area contributed by atoms with Gasteiger partial charge in [-0.2, -0.15) is 4.31 Å². The van der Waals surface area contributed by atoms with Crippen LogP contribution in [-0.4, -0.2) is 81.3 Å². The van der Waals surface area contributed by atoms with Crippen molar-refractivity contribution in [1.29, 1.82) is 0 Å². The summed E-state index contributed by atoms with van der Waals surface area (Å²) in [7, 11) is -3.45. The van der Waals surface area contributed by atoms with Crippen LogP contribution in [0.1, 0.15) is 10.4 Å². The van der Waals surface area contributed by atoms with Crippen molar-refractivity contribution in [1.82, 2.24) is 9.21 Å². The van der Waals surface area contributed by atoms with Crippen molar-refractivity contribution >= 4 is 15.9 Å². The summed E-state index contributed by atoms with van der Waals surface area (Å²) in [5.74, 6) is -2.13. The van der Waals surface area contributed by atoms with Gasteiger partial charge in [0.2, 0.25) is 10.0 Å². The monoisotopic (exact) mass is 424 g/mol. The summed E-state index contributed by atoms with van der Waals surface area (Å²) in [5.41, 5.74) is 0.169. The van der Waals surface area contributed by atoms with E-state index in [1.54, 1.807) is 0 Å². The minimum Gasteiger partial charge on any atom is -0.406 e. The molecule has 1 unspecified atom stereocenters. The first-order valence-corrected chi connectivity index (χ1v) is 10.2. The first-order valence-electron chi connectivity index (χ1n) is 8.36. The third kappa shape index (κ3) is 4.93. The highest BCUT2D eigenvalue weighted by Gasteiger charge is 2.45. The number of alkyl halides is 3. The van der Waals surface area contributed by atoms with E-state index in [1.807, 2.05) is 0 Å². The molecule has 1 aromatic rings. The summed E-state index contributed by atoms with van der Waals surface area (Å²) in [6.45, 7) is 0.645. The van der Waals surface area contributed by atoms with E-state index in [1.165, 1.54) is 21.3 Å². The molecule has 0 radical (unpaired) electrons. The van der Waals surface area contributed by atoms with Crippen LogP contribution in [0, 0.1) is 0 Å². The van der Waals surface area contributed by atoms with Gasteiger partial charge in [-0.25, -0.2) is 8.42 Å². The maximum Gasteiger partial charge on any atom is 0.573 e. The second-order valence-electron chi connectivity index (χ2n) is 6.50. The van der Waals surface area contributed by atoms with E-state index >= 15 is 0 Å². The Morgan fingerprint density at radius 2 is 1.71 bits per heavy atom. The van der Waals surface area contributed by atoms with Crippen molar-refractivity contribution in [3.63, 3.8) is 0 Å². The number of ether oxygens (including phenoxy) is 3. The van der Waals surface area contributed by atoms with Gasteiger partial charge in [-0.1, -0.05) is 0 Å². The number of nitrogens with zero attached hydrogens (tertiary/aromatic N) is 2. The quantitative estimate of drug-likeness (QED) is 0.721. The molecule has 0 bridgehead atoms. The highest BCUT2D eigenvalue weighted by atomic mass is 32.2.